The molecule has 0 N–H and O–H groups in total. The molecule has 1 atom stereocenters. The summed E-state index contributed by atoms with van der Waals surface area (Å²) < 4.78 is 2.33. The van der Waals surface area contributed by atoms with Crippen LogP contribution in [-0.2, 0) is 17.8 Å². The number of benzene rings is 2. The first-order valence-corrected chi connectivity index (χ1v) is 10.1. The molecule has 1 aliphatic rings. The van der Waals surface area contributed by atoms with Gasteiger partial charge in [0.05, 0.1) is 11.0 Å². The summed E-state index contributed by atoms with van der Waals surface area (Å²) in [4.78, 5) is 19.6. The Labute approximate surface area is 160 Å². The number of carbonyl (C=O) groups excluding carboxylic acids is 1. The minimum atomic E-state index is 0.146. The van der Waals surface area contributed by atoms with Gasteiger partial charge in [-0.3, -0.25) is 4.79 Å². The number of amides is 1. The molecule has 0 saturated carbocycles. The third-order valence-electron chi connectivity index (χ3n) is 5.57. The molecular weight excluding hydrogens is 334 g/mol. The van der Waals surface area contributed by atoms with E-state index in [4.69, 9.17) is 4.98 Å². The maximum atomic E-state index is 12.7. The number of aromatic nitrogens is 2. The van der Waals surface area contributed by atoms with Crippen molar-refractivity contribution in [3.8, 4) is 0 Å². The van der Waals surface area contributed by atoms with E-state index < -0.39 is 0 Å². The number of carbonyl (C=O) groups is 1. The molecule has 0 spiro atoms. The Kier molecular flexibility index (Phi) is 4.97. The van der Waals surface area contributed by atoms with Crippen molar-refractivity contribution < 1.29 is 4.79 Å². The minimum absolute atomic E-state index is 0.146. The highest BCUT2D eigenvalue weighted by Crippen LogP contribution is 2.33. The molecular formula is C23H27N3O. The van der Waals surface area contributed by atoms with Gasteiger partial charge in [0, 0.05) is 31.1 Å². The highest BCUT2D eigenvalue weighted by molar-refractivity contribution is 5.96. The predicted molar refractivity (Wildman–Crippen MR) is 110 cm³/mol. The number of imidazole rings is 1. The van der Waals surface area contributed by atoms with Crippen molar-refractivity contribution >= 4 is 22.6 Å². The fourth-order valence-electron chi connectivity index (χ4n) is 4.00. The number of aryl methyl sites for hydroxylation is 2. The molecule has 2 heterocycles. The van der Waals surface area contributed by atoms with E-state index in [2.05, 4.69) is 60.9 Å². The maximum absolute atomic E-state index is 12.7. The van der Waals surface area contributed by atoms with E-state index in [-0.39, 0.29) is 11.8 Å². The van der Waals surface area contributed by atoms with Crippen LogP contribution >= 0.6 is 0 Å². The lowest BCUT2D eigenvalue weighted by Crippen LogP contribution is -2.24. The number of anilines is 1. The summed E-state index contributed by atoms with van der Waals surface area (Å²) >= 11 is 0. The Balaban J connectivity index is 1.65. The van der Waals surface area contributed by atoms with Gasteiger partial charge in [-0.05, 0) is 42.7 Å². The van der Waals surface area contributed by atoms with Crippen LogP contribution in [0, 0.1) is 0 Å². The van der Waals surface area contributed by atoms with Gasteiger partial charge in [-0.25, -0.2) is 4.98 Å². The Morgan fingerprint density at radius 3 is 2.59 bits per heavy atom. The molecule has 0 unspecified atom stereocenters. The van der Waals surface area contributed by atoms with E-state index in [1.165, 1.54) is 11.1 Å². The van der Waals surface area contributed by atoms with Crippen molar-refractivity contribution in [2.75, 3.05) is 11.4 Å². The third-order valence-corrected chi connectivity index (χ3v) is 5.57. The zero-order chi connectivity index (χ0) is 18.8. The lowest BCUT2D eigenvalue weighted by Gasteiger charge is -2.18. The summed E-state index contributed by atoms with van der Waals surface area (Å²) in [6.07, 6.45) is 3.81. The average Bonchev–Trinajstić information content (AvgIpc) is 3.27. The number of para-hydroxylation sites is 2. The topological polar surface area (TPSA) is 38.1 Å². The van der Waals surface area contributed by atoms with Gasteiger partial charge in [-0.15, -0.1) is 0 Å². The molecule has 3 aromatic rings. The molecule has 4 nitrogen and oxygen atoms in total. The summed E-state index contributed by atoms with van der Waals surface area (Å²) in [5.41, 5.74) is 4.50. The van der Waals surface area contributed by atoms with E-state index in [1.807, 2.05) is 11.0 Å². The van der Waals surface area contributed by atoms with E-state index in [1.54, 1.807) is 0 Å². The van der Waals surface area contributed by atoms with E-state index in [9.17, 15) is 4.79 Å². The van der Waals surface area contributed by atoms with Gasteiger partial charge in [0.15, 0.2) is 0 Å². The molecule has 0 radical (unpaired) electrons. The van der Waals surface area contributed by atoms with Gasteiger partial charge in [-0.2, -0.15) is 0 Å². The molecule has 1 amide bonds. The van der Waals surface area contributed by atoms with Gasteiger partial charge in [-0.1, -0.05) is 44.5 Å². The second-order valence-corrected chi connectivity index (χ2v) is 7.39. The number of unbranched alkanes of at least 4 members (excludes halogenated alkanes) is 1. The van der Waals surface area contributed by atoms with Crippen LogP contribution in [0.4, 0.5) is 5.69 Å². The van der Waals surface area contributed by atoms with Crippen molar-refractivity contribution in [2.24, 2.45) is 0 Å². The van der Waals surface area contributed by atoms with Crippen LogP contribution in [0.15, 0.2) is 48.5 Å². The molecule has 4 heteroatoms. The van der Waals surface area contributed by atoms with Crippen LogP contribution in [-0.4, -0.2) is 22.0 Å². The molecule has 1 aliphatic heterocycles. The molecule has 0 aliphatic carbocycles. The number of fused-ring (bicyclic) bond motifs is 1. The van der Waals surface area contributed by atoms with Crippen LogP contribution < -0.4 is 4.90 Å². The van der Waals surface area contributed by atoms with Gasteiger partial charge >= 0.3 is 0 Å². The summed E-state index contributed by atoms with van der Waals surface area (Å²) in [7, 11) is 0. The summed E-state index contributed by atoms with van der Waals surface area (Å²) in [6.45, 7) is 6.02. The van der Waals surface area contributed by atoms with Crippen molar-refractivity contribution in [3.63, 3.8) is 0 Å². The van der Waals surface area contributed by atoms with E-state index in [0.29, 0.717) is 13.0 Å². The number of nitrogens with zero attached hydrogens (tertiary/aromatic N) is 3. The third kappa shape index (κ3) is 3.36. The monoisotopic (exact) mass is 361 g/mol. The van der Waals surface area contributed by atoms with Crippen molar-refractivity contribution in [2.45, 2.75) is 52.0 Å². The highest BCUT2D eigenvalue weighted by atomic mass is 16.2. The van der Waals surface area contributed by atoms with Gasteiger partial charge in [0.25, 0.3) is 0 Å². The van der Waals surface area contributed by atoms with Crippen LogP contribution in [0.3, 0.4) is 0 Å². The largest absolute Gasteiger partial charge is 0.328 e. The van der Waals surface area contributed by atoms with Crippen LogP contribution in [0.5, 0.6) is 0 Å². The van der Waals surface area contributed by atoms with Crippen LogP contribution in [0.25, 0.3) is 11.0 Å². The van der Waals surface area contributed by atoms with Crippen molar-refractivity contribution in [3.05, 3.63) is 59.9 Å². The molecule has 1 saturated heterocycles. The number of rotatable bonds is 6. The Morgan fingerprint density at radius 2 is 1.85 bits per heavy atom. The Morgan fingerprint density at radius 1 is 1.07 bits per heavy atom. The zero-order valence-corrected chi connectivity index (χ0v) is 16.2. The normalized spacial score (nSPS) is 17.2. The molecule has 4 rings (SSSR count). The molecule has 140 valence electrons. The number of hydrogen-bond acceptors (Lipinski definition) is 2. The Bertz CT molecular complexity index is 942. The molecule has 27 heavy (non-hydrogen) atoms. The summed E-state index contributed by atoms with van der Waals surface area (Å²) in [5, 5.41) is 0. The fraction of sp³-hybridized carbons (Fsp3) is 0.391. The second-order valence-electron chi connectivity index (χ2n) is 7.39. The van der Waals surface area contributed by atoms with E-state index in [0.717, 1.165) is 42.8 Å². The first kappa shape index (κ1) is 17.8. The first-order valence-electron chi connectivity index (χ1n) is 10.1. The summed E-state index contributed by atoms with van der Waals surface area (Å²) in [5.74, 6) is 1.40. The zero-order valence-electron chi connectivity index (χ0n) is 16.2. The number of hydrogen-bond donors (Lipinski definition) is 0. The maximum Gasteiger partial charge on any atom is 0.227 e. The lowest BCUT2D eigenvalue weighted by atomic mass is 10.1. The van der Waals surface area contributed by atoms with Crippen molar-refractivity contribution in [1.29, 1.82) is 0 Å². The Hall–Kier alpha value is -2.62. The summed E-state index contributed by atoms with van der Waals surface area (Å²) in [6, 6.07) is 16.7. The van der Waals surface area contributed by atoms with Gasteiger partial charge in [0.1, 0.15) is 5.82 Å². The minimum Gasteiger partial charge on any atom is -0.328 e. The standard InChI is InChI=1S/C23H27N3O/c1-3-5-14-25-21-9-7-6-8-20(21)24-23(25)18-15-22(27)26(16-18)19-12-10-17(4-2)11-13-19/h6-13,18H,3-5,14-16H2,1-2H3/t18-/m1/s1. The van der Waals surface area contributed by atoms with Gasteiger partial charge < -0.3 is 9.47 Å². The van der Waals surface area contributed by atoms with Crippen LogP contribution in [0.1, 0.15) is 50.4 Å². The molecule has 0 bridgehead atoms. The molecule has 1 fully saturated rings. The lowest BCUT2D eigenvalue weighted by molar-refractivity contribution is -0.117. The smallest absolute Gasteiger partial charge is 0.227 e. The van der Waals surface area contributed by atoms with Crippen molar-refractivity contribution in [1.82, 2.24) is 9.55 Å². The molecule has 1 aromatic heterocycles. The fourth-order valence-corrected chi connectivity index (χ4v) is 4.00. The first-order chi connectivity index (χ1) is 13.2. The van der Waals surface area contributed by atoms with Gasteiger partial charge in [0.2, 0.25) is 5.91 Å². The quantitative estimate of drug-likeness (QED) is 0.625. The van der Waals surface area contributed by atoms with Crippen LogP contribution in [0.2, 0.25) is 0 Å². The predicted octanol–water partition coefficient (Wildman–Crippen LogP) is 4.92. The molecule has 2 aromatic carbocycles. The highest BCUT2D eigenvalue weighted by Gasteiger charge is 2.34. The average molecular weight is 361 g/mol. The second kappa shape index (κ2) is 7.55. The SMILES string of the molecule is CCCCn1c([C@@H]2CC(=O)N(c3ccc(CC)cc3)C2)nc2ccccc21. The van der Waals surface area contributed by atoms with E-state index >= 15 is 0 Å².